The van der Waals surface area contributed by atoms with Crippen molar-refractivity contribution in [2.24, 2.45) is 11.8 Å². The predicted octanol–water partition coefficient (Wildman–Crippen LogP) is 1.82. The van der Waals surface area contributed by atoms with E-state index < -0.39 is 17.8 Å². The van der Waals surface area contributed by atoms with Crippen LogP contribution >= 0.6 is 0 Å². The molecular formula is C15H18FNO4. The molecule has 5 nitrogen and oxygen atoms in total. The van der Waals surface area contributed by atoms with Gasteiger partial charge in [0.25, 0.3) is 0 Å². The van der Waals surface area contributed by atoms with Crippen LogP contribution in [0.15, 0.2) is 24.3 Å². The molecule has 114 valence electrons. The van der Waals surface area contributed by atoms with E-state index in [1.165, 1.54) is 12.1 Å². The van der Waals surface area contributed by atoms with Gasteiger partial charge in [-0.3, -0.25) is 9.59 Å². The molecule has 0 aromatic heterocycles. The van der Waals surface area contributed by atoms with E-state index in [9.17, 15) is 14.0 Å². The second kappa shape index (κ2) is 6.56. The van der Waals surface area contributed by atoms with Crippen molar-refractivity contribution in [1.29, 1.82) is 0 Å². The fourth-order valence-corrected chi connectivity index (χ4v) is 2.28. The summed E-state index contributed by atoms with van der Waals surface area (Å²) in [7, 11) is 0. The van der Waals surface area contributed by atoms with Crippen LogP contribution in [0.5, 0.6) is 5.75 Å². The van der Waals surface area contributed by atoms with Gasteiger partial charge in [-0.05, 0) is 31.9 Å². The number of hydrogen-bond acceptors (Lipinski definition) is 3. The van der Waals surface area contributed by atoms with Crippen LogP contribution in [0.4, 0.5) is 4.39 Å². The highest BCUT2D eigenvalue weighted by Crippen LogP contribution is 2.34. The van der Waals surface area contributed by atoms with Crippen LogP contribution in [-0.4, -0.2) is 29.6 Å². The van der Waals surface area contributed by atoms with E-state index in [0.717, 1.165) is 0 Å². The molecule has 0 heterocycles. The van der Waals surface area contributed by atoms with Crippen molar-refractivity contribution < 1.29 is 23.8 Å². The van der Waals surface area contributed by atoms with Crippen molar-refractivity contribution in [1.82, 2.24) is 5.32 Å². The topological polar surface area (TPSA) is 75.6 Å². The molecule has 21 heavy (non-hydrogen) atoms. The molecule has 0 radical (unpaired) electrons. The minimum absolute atomic E-state index is 0.194. The minimum atomic E-state index is -0.926. The lowest BCUT2D eigenvalue weighted by molar-refractivity contribution is -0.153. The van der Waals surface area contributed by atoms with E-state index in [-0.39, 0.29) is 24.4 Å². The number of carboxylic acid groups (broad SMARTS) is 1. The van der Waals surface area contributed by atoms with Crippen molar-refractivity contribution in [3.05, 3.63) is 30.1 Å². The Bertz CT molecular complexity index is 534. The number of aliphatic carboxylic acids is 1. The fraction of sp³-hybridized carbons (Fsp3) is 0.467. The second-order valence-electron chi connectivity index (χ2n) is 5.31. The van der Waals surface area contributed by atoms with Crippen molar-refractivity contribution >= 4 is 11.9 Å². The van der Waals surface area contributed by atoms with E-state index in [0.29, 0.717) is 18.6 Å². The molecule has 1 amide bonds. The first-order chi connectivity index (χ1) is 9.97. The molecule has 1 aromatic carbocycles. The summed E-state index contributed by atoms with van der Waals surface area (Å²) in [6, 6.07) is 5.47. The van der Waals surface area contributed by atoms with Gasteiger partial charge in [0.05, 0.1) is 17.9 Å². The smallest absolute Gasteiger partial charge is 0.307 e. The van der Waals surface area contributed by atoms with Crippen LogP contribution in [0.1, 0.15) is 19.8 Å². The Labute approximate surface area is 122 Å². The van der Waals surface area contributed by atoms with Crippen molar-refractivity contribution in [2.45, 2.75) is 25.8 Å². The van der Waals surface area contributed by atoms with Crippen molar-refractivity contribution in [2.75, 3.05) is 6.61 Å². The highest BCUT2D eigenvalue weighted by atomic mass is 19.1. The molecule has 1 saturated carbocycles. The van der Waals surface area contributed by atoms with Crippen LogP contribution in [0.3, 0.4) is 0 Å². The Kier molecular flexibility index (Phi) is 4.77. The van der Waals surface area contributed by atoms with Crippen molar-refractivity contribution in [3.8, 4) is 5.75 Å². The molecule has 1 fully saturated rings. The van der Waals surface area contributed by atoms with Gasteiger partial charge in [-0.1, -0.05) is 6.07 Å². The fourth-order valence-electron chi connectivity index (χ4n) is 2.28. The largest absolute Gasteiger partial charge is 0.491 e. The van der Waals surface area contributed by atoms with E-state index in [1.54, 1.807) is 19.1 Å². The number of carbonyl (C=O) groups excluding carboxylic acids is 1. The zero-order valence-corrected chi connectivity index (χ0v) is 11.7. The number of benzene rings is 1. The van der Waals surface area contributed by atoms with Gasteiger partial charge >= 0.3 is 5.97 Å². The molecule has 0 saturated heterocycles. The molecule has 3 atom stereocenters. The van der Waals surface area contributed by atoms with Gasteiger partial charge in [-0.2, -0.15) is 0 Å². The number of hydrogen-bond donors (Lipinski definition) is 2. The van der Waals surface area contributed by atoms with Gasteiger partial charge in [0.2, 0.25) is 5.91 Å². The van der Waals surface area contributed by atoms with Crippen LogP contribution in [0.2, 0.25) is 0 Å². The molecular weight excluding hydrogens is 277 g/mol. The SMILES string of the molecule is CC(COc1cccc(F)c1)NC(=O)C1CCC1C(=O)O. The van der Waals surface area contributed by atoms with Gasteiger partial charge in [-0.15, -0.1) is 0 Å². The van der Waals surface area contributed by atoms with E-state index in [1.807, 2.05) is 0 Å². The molecule has 6 heteroatoms. The lowest BCUT2D eigenvalue weighted by Crippen LogP contribution is -2.47. The molecule has 2 N–H and O–H groups in total. The van der Waals surface area contributed by atoms with Gasteiger partial charge in [0.15, 0.2) is 0 Å². The van der Waals surface area contributed by atoms with Crippen LogP contribution in [0, 0.1) is 17.7 Å². The lowest BCUT2D eigenvalue weighted by atomic mass is 9.73. The predicted molar refractivity (Wildman–Crippen MR) is 73.3 cm³/mol. The lowest BCUT2D eigenvalue weighted by Gasteiger charge is -2.32. The first-order valence-electron chi connectivity index (χ1n) is 6.89. The van der Waals surface area contributed by atoms with Gasteiger partial charge in [-0.25, -0.2) is 4.39 Å². The summed E-state index contributed by atoms with van der Waals surface area (Å²) in [5, 5.41) is 11.7. The maximum absolute atomic E-state index is 13.0. The normalized spacial score (nSPS) is 22.0. The zero-order valence-electron chi connectivity index (χ0n) is 11.7. The third kappa shape index (κ3) is 3.93. The highest BCUT2D eigenvalue weighted by Gasteiger charge is 2.41. The maximum Gasteiger partial charge on any atom is 0.307 e. The number of amides is 1. The molecule has 3 unspecified atom stereocenters. The number of rotatable bonds is 6. The molecule has 0 bridgehead atoms. The summed E-state index contributed by atoms with van der Waals surface area (Å²) in [5.41, 5.74) is 0. The standard InChI is InChI=1S/C15H18FNO4/c1-9(8-21-11-4-2-3-10(16)7-11)17-14(18)12-5-6-13(12)15(19)20/h2-4,7,9,12-13H,5-6,8H2,1H3,(H,17,18)(H,19,20). The van der Waals surface area contributed by atoms with Crippen molar-refractivity contribution in [3.63, 3.8) is 0 Å². The highest BCUT2D eigenvalue weighted by molar-refractivity contribution is 5.86. The first-order valence-corrected chi connectivity index (χ1v) is 6.89. The van der Waals surface area contributed by atoms with Gasteiger partial charge in [0, 0.05) is 6.07 Å². The minimum Gasteiger partial charge on any atom is -0.491 e. The van der Waals surface area contributed by atoms with E-state index in [4.69, 9.17) is 9.84 Å². The Morgan fingerprint density at radius 3 is 2.71 bits per heavy atom. The van der Waals surface area contributed by atoms with Crippen LogP contribution < -0.4 is 10.1 Å². The Morgan fingerprint density at radius 2 is 2.14 bits per heavy atom. The molecule has 0 spiro atoms. The van der Waals surface area contributed by atoms with Gasteiger partial charge < -0.3 is 15.2 Å². The molecule has 2 rings (SSSR count). The quantitative estimate of drug-likeness (QED) is 0.839. The Morgan fingerprint density at radius 1 is 1.43 bits per heavy atom. The average Bonchev–Trinajstić information content (AvgIpc) is 2.34. The Balaban J connectivity index is 1.78. The molecule has 1 aromatic rings. The third-order valence-electron chi connectivity index (χ3n) is 3.61. The number of nitrogens with one attached hydrogen (secondary N) is 1. The number of halogens is 1. The number of carboxylic acids is 1. The molecule has 0 aliphatic heterocycles. The second-order valence-corrected chi connectivity index (χ2v) is 5.31. The summed E-state index contributed by atoms with van der Waals surface area (Å²) in [6.07, 6.45) is 1.14. The first kappa shape index (κ1) is 15.3. The average molecular weight is 295 g/mol. The van der Waals surface area contributed by atoms with E-state index >= 15 is 0 Å². The molecule has 1 aliphatic carbocycles. The zero-order chi connectivity index (χ0) is 15.4. The molecule has 1 aliphatic rings. The van der Waals surface area contributed by atoms with Crippen LogP contribution in [0.25, 0.3) is 0 Å². The van der Waals surface area contributed by atoms with E-state index in [2.05, 4.69) is 5.32 Å². The monoisotopic (exact) mass is 295 g/mol. The third-order valence-corrected chi connectivity index (χ3v) is 3.61. The van der Waals surface area contributed by atoms with Crippen LogP contribution in [-0.2, 0) is 9.59 Å². The summed E-state index contributed by atoms with van der Waals surface area (Å²) < 4.78 is 18.4. The maximum atomic E-state index is 13.0. The summed E-state index contributed by atoms with van der Waals surface area (Å²) in [6.45, 7) is 1.95. The summed E-state index contributed by atoms with van der Waals surface area (Å²) >= 11 is 0. The Hall–Kier alpha value is -2.11. The number of carbonyl (C=O) groups is 2. The number of ether oxygens (including phenoxy) is 1. The van der Waals surface area contributed by atoms with Gasteiger partial charge in [0.1, 0.15) is 18.2 Å². The summed E-state index contributed by atoms with van der Waals surface area (Å²) in [4.78, 5) is 22.8. The summed E-state index contributed by atoms with van der Waals surface area (Å²) in [5.74, 6) is -2.22.